The highest BCUT2D eigenvalue weighted by Gasteiger charge is 2.21. The van der Waals surface area contributed by atoms with E-state index in [1.54, 1.807) is 0 Å². The molecule has 1 fully saturated rings. The number of ether oxygens (including phenoxy) is 1. The number of aromatic nitrogens is 2. The molecule has 15 heavy (non-hydrogen) atoms. The average molecular weight is 211 g/mol. The van der Waals surface area contributed by atoms with Crippen molar-refractivity contribution >= 4 is 0 Å². The number of hydrogen-bond donors (Lipinski definition) is 1. The molecule has 0 radical (unpaired) electrons. The Balaban J connectivity index is 1.75. The largest absolute Gasteiger partial charge is 0.369 e. The Kier molecular flexibility index (Phi) is 3.33. The Morgan fingerprint density at radius 2 is 2.33 bits per heavy atom. The van der Waals surface area contributed by atoms with Crippen LogP contribution in [0.2, 0.25) is 0 Å². The fourth-order valence-electron chi connectivity index (χ4n) is 1.18. The molecule has 5 heteroatoms. The molecular formula is C10H17N3O2. The Morgan fingerprint density at radius 1 is 1.53 bits per heavy atom. The standard InChI is InChI=1S/C10H17N3O2/c1-7(2)14-6-10-12-9(13-15-10)5-11-8-3-4-8/h7-8,11H,3-6H2,1-2H3. The molecule has 0 aromatic carbocycles. The molecule has 1 aliphatic carbocycles. The maximum absolute atomic E-state index is 5.36. The summed E-state index contributed by atoms with van der Waals surface area (Å²) in [7, 11) is 0. The number of nitrogens with one attached hydrogen (secondary N) is 1. The Bertz CT molecular complexity index is 287. The second-order valence-corrected chi connectivity index (χ2v) is 4.12. The molecule has 0 atom stereocenters. The van der Waals surface area contributed by atoms with Gasteiger partial charge in [-0.2, -0.15) is 4.98 Å². The molecule has 0 unspecified atom stereocenters. The van der Waals surface area contributed by atoms with Crippen LogP contribution in [0.5, 0.6) is 0 Å². The second kappa shape index (κ2) is 4.72. The summed E-state index contributed by atoms with van der Waals surface area (Å²) < 4.78 is 10.4. The van der Waals surface area contributed by atoms with Crippen LogP contribution < -0.4 is 5.32 Å². The van der Waals surface area contributed by atoms with Crippen molar-refractivity contribution in [3.05, 3.63) is 11.7 Å². The molecular weight excluding hydrogens is 194 g/mol. The Hall–Kier alpha value is -0.940. The van der Waals surface area contributed by atoms with Gasteiger partial charge in [0.05, 0.1) is 12.6 Å². The first kappa shape index (κ1) is 10.6. The van der Waals surface area contributed by atoms with Crippen LogP contribution >= 0.6 is 0 Å². The molecule has 0 bridgehead atoms. The summed E-state index contributed by atoms with van der Waals surface area (Å²) in [5.74, 6) is 1.26. The van der Waals surface area contributed by atoms with Crippen LogP contribution in [-0.4, -0.2) is 22.3 Å². The van der Waals surface area contributed by atoms with Crippen molar-refractivity contribution in [2.75, 3.05) is 0 Å². The Morgan fingerprint density at radius 3 is 3.00 bits per heavy atom. The molecule has 1 aromatic heterocycles. The van der Waals surface area contributed by atoms with Gasteiger partial charge in [-0.05, 0) is 26.7 Å². The van der Waals surface area contributed by atoms with E-state index in [2.05, 4.69) is 15.5 Å². The van der Waals surface area contributed by atoms with Crippen molar-refractivity contribution in [2.24, 2.45) is 0 Å². The predicted octanol–water partition coefficient (Wildman–Crippen LogP) is 1.25. The van der Waals surface area contributed by atoms with Crippen LogP contribution in [0, 0.1) is 0 Å². The number of rotatable bonds is 6. The maximum Gasteiger partial charge on any atom is 0.252 e. The van der Waals surface area contributed by atoms with E-state index >= 15 is 0 Å². The lowest BCUT2D eigenvalue weighted by atomic mass is 10.5. The third kappa shape index (κ3) is 3.60. The van der Waals surface area contributed by atoms with Gasteiger partial charge in [-0.1, -0.05) is 5.16 Å². The van der Waals surface area contributed by atoms with Crippen LogP contribution in [0.4, 0.5) is 0 Å². The molecule has 84 valence electrons. The third-order valence-corrected chi connectivity index (χ3v) is 2.18. The summed E-state index contributed by atoms with van der Waals surface area (Å²) in [6.07, 6.45) is 2.72. The van der Waals surface area contributed by atoms with Crippen molar-refractivity contribution in [3.8, 4) is 0 Å². The topological polar surface area (TPSA) is 60.2 Å². The van der Waals surface area contributed by atoms with Crippen molar-refractivity contribution in [1.82, 2.24) is 15.5 Å². The van der Waals surface area contributed by atoms with E-state index in [4.69, 9.17) is 9.26 Å². The zero-order chi connectivity index (χ0) is 10.7. The van der Waals surface area contributed by atoms with Crippen LogP contribution in [-0.2, 0) is 17.9 Å². The molecule has 0 amide bonds. The molecule has 5 nitrogen and oxygen atoms in total. The predicted molar refractivity (Wildman–Crippen MR) is 54.1 cm³/mol. The summed E-state index contributed by atoms with van der Waals surface area (Å²) in [4.78, 5) is 4.22. The maximum atomic E-state index is 5.36. The number of nitrogens with zero attached hydrogens (tertiary/aromatic N) is 2. The monoisotopic (exact) mass is 211 g/mol. The first-order chi connectivity index (χ1) is 7.24. The van der Waals surface area contributed by atoms with Gasteiger partial charge < -0.3 is 14.6 Å². The van der Waals surface area contributed by atoms with Gasteiger partial charge >= 0.3 is 0 Å². The summed E-state index contributed by atoms with van der Waals surface area (Å²) in [5.41, 5.74) is 0. The van der Waals surface area contributed by atoms with E-state index in [1.165, 1.54) is 12.8 Å². The first-order valence-corrected chi connectivity index (χ1v) is 5.40. The average Bonchev–Trinajstić information content (AvgIpc) is 2.92. The highest BCUT2D eigenvalue weighted by Crippen LogP contribution is 2.18. The van der Waals surface area contributed by atoms with E-state index in [1.807, 2.05) is 13.8 Å². The summed E-state index contributed by atoms with van der Waals surface area (Å²) in [5, 5.41) is 7.19. The minimum absolute atomic E-state index is 0.185. The van der Waals surface area contributed by atoms with E-state index in [0.29, 0.717) is 30.9 Å². The number of hydrogen-bond acceptors (Lipinski definition) is 5. The van der Waals surface area contributed by atoms with Gasteiger partial charge in [-0.15, -0.1) is 0 Å². The quantitative estimate of drug-likeness (QED) is 0.767. The summed E-state index contributed by atoms with van der Waals surface area (Å²) in [6.45, 7) is 5.04. The molecule has 1 aromatic rings. The lowest BCUT2D eigenvalue weighted by Crippen LogP contribution is -2.16. The van der Waals surface area contributed by atoms with Crippen molar-refractivity contribution in [2.45, 2.75) is 52.0 Å². The fraction of sp³-hybridized carbons (Fsp3) is 0.800. The fourth-order valence-corrected chi connectivity index (χ4v) is 1.18. The van der Waals surface area contributed by atoms with Gasteiger partial charge in [0.1, 0.15) is 6.61 Å². The first-order valence-electron chi connectivity index (χ1n) is 5.40. The van der Waals surface area contributed by atoms with Gasteiger partial charge in [0.25, 0.3) is 5.89 Å². The van der Waals surface area contributed by atoms with Crippen molar-refractivity contribution in [1.29, 1.82) is 0 Å². The SMILES string of the molecule is CC(C)OCc1nc(CNC2CC2)no1. The zero-order valence-electron chi connectivity index (χ0n) is 9.19. The third-order valence-electron chi connectivity index (χ3n) is 2.18. The van der Waals surface area contributed by atoms with E-state index in [9.17, 15) is 0 Å². The van der Waals surface area contributed by atoms with Crippen molar-refractivity contribution < 1.29 is 9.26 Å². The van der Waals surface area contributed by atoms with Gasteiger partial charge in [0.2, 0.25) is 0 Å². The lowest BCUT2D eigenvalue weighted by Gasteiger charge is -2.02. The molecule has 0 saturated heterocycles. The lowest BCUT2D eigenvalue weighted by molar-refractivity contribution is 0.0485. The molecule has 1 aliphatic rings. The van der Waals surface area contributed by atoms with Crippen LogP contribution in [0.1, 0.15) is 38.4 Å². The molecule has 1 heterocycles. The zero-order valence-corrected chi connectivity index (χ0v) is 9.19. The van der Waals surface area contributed by atoms with Crippen LogP contribution in [0.15, 0.2) is 4.52 Å². The molecule has 2 rings (SSSR count). The minimum atomic E-state index is 0.185. The van der Waals surface area contributed by atoms with E-state index in [-0.39, 0.29) is 6.10 Å². The van der Waals surface area contributed by atoms with Gasteiger partial charge in [-0.3, -0.25) is 0 Å². The van der Waals surface area contributed by atoms with E-state index in [0.717, 1.165) is 0 Å². The van der Waals surface area contributed by atoms with Gasteiger partial charge in [0.15, 0.2) is 5.82 Å². The summed E-state index contributed by atoms with van der Waals surface area (Å²) >= 11 is 0. The summed E-state index contributed by atoms with van der Waals surface area (Å²) in [6, 6.07) is 0.666. The van der Waals surface area contributed by atoms with Crippen molar-refractivity contribution in [3.63, 3.8) is 0 Å². The van der Waals surface area contributed by atoms with E-state index < -0.39 is 0 Å². The highest BCUT2D eigenvalue weighted by molar-refractivity contribution is 4.88. The minimum Gasteiger partial charge on any atom is -0.369 e. The molecule has 0 spiro atoms. The van der Waals surface area contributed by atoms with Crippen LogP contribution in [0.3, 0.4) is 0 Å². The highest BCUT2D eigenvalue weighted by atomic mass is 16.5. The van der Waals surface area contributed by atoms with Gasteiger partial charge in [0, 0.05) is 6.04 Å². The molecule has 1 saturated carbocycles. The molecule has 1 N–H and O–H groups in total. The smallest absolute Gasteiger partial charge is 0.252 e. The van der Waals surface area contributed by atoms with Crippen LogP contribution in [0.25, 0.3) is 0 Å². The van der Waals surface area contributed by atoms with Gasteiger partial charge in [-0.25, -0.2) is 0 Å². The molecule has 0 aliphatic heterocycles. The Labute approximate surface area is 89.2 Å². The normalized spacial score (nSPS) is 16.2. The second-order valence-electron chi connectivity index (χ2n) is 4.12.